The van der Waals surface area contributed by atoms with E-state index in [1.54, 1.807) is 32.0 Å². The van der Waals surface area contributed by atoms with Crippen molar-refractivity contribution in [3.05, 3.63) is 89.6 Å². The number of hydrogen-bond acceptors (Lipinski definition) is 8. The summed E-state index contributed by atoms with van der Waals surface area (Å²) < 4.78 is 40.0. The lowest BCUT2D eigenvalue weighted by Crippen LogP contribution is -2.51. The summed E-state index contributed by atoms with van der Waals surface area (Å²) in [5.74, 6) is 0.00284. The molecular weight excluding hydrogens is 556 g/mol. The average molecular weight is 591 g/mol. The van der Waals surface area contributed by atoms with Gasteiger partial charge in [-0.1, -0.05) is 44.2 Å². The van der Waals surface area contributed by atoms with Gasteiger partial charge < -0.3 is 19.3 Å². The normalized spacial score (nSPS) is 13.7. The molecule has 0 fully saturated rings. The number of aliphatic hydroxyl groups is 1. The van der Waals surface area contributed by atoms with Gasteiger partial charge in [-0.3, -0.25) is 4.79 Å². The molecule has 1 amide bonds. The minimum atomic E-state index is -4.03. The molecule has 10 nitrogen and oxygen atoms in total. The van der Waals surface area contributed by atoms with Crippen molar-refractivity contribution < 1.29 is 27.2 Å². The third-order valence-corrected chi connectivity index (χ3v) is 8.96. The lowest BCUT2D eigenvalue weighted by atomic mass is 9.99. The van der Waals surface area contributed by atoms with Crippen molar-refractivity contribution in [2.45, 2.75) is 51.2 Å². The zero-order valence-electron chi connectivity index (χ0n) is 23.9. The quantitative estimate of drug-likeness (QED) is 0.227. The summed E-state index contributed by atoms with van der Waals surface area (Å²) in [6.45, 7) is 7.22. The number of rotatable bonds is 11. The minimum absolute atomic E-state index is 0.0262. The summed E-state index contributed by atoms with van der Waals surface area (Å²) in [5, 5.41) is 14.5. The third kappa shape index (κ3) is 6.23. The van der Waals surface area contributed by atoms with Crippen molar-refractivity contribution in [1.29, 1.82) is 0 Å². The maximum Gasteiger partial charge on any atom is 0.252 e. The van der Waals surface area contributed by atoms with Crippen LogP contribution in [0, 0.1) is 19.8 Å². The maximum absolute atomic E-state index is 13.9. The zero-order valence-corrected chi connectivity index (χ0v) is 24.8. The first kappa shape index (κ1) is 29.4. The second-order valence-electron chi connectivity index (χ2n) is 10.9. The Morgan fingerprint density at radius 3 is 2.50 bits per heavy atom. The van der Waals surface area contributed by atoms with Gasteiger partial charge in [-0.05, 0) is 49.1 Å². The van der Waals surface area contributed by atoms with Gasteiger partial charge >= 0.3 is 0 Å². The van der Waals surface area contributed by atoms with Crippen LogP contribution in [0.15, 0.2) is 80.8 Å². The monoisotopic (exact) mass is 590 g/mol. The lowest BCUT2D eigenvalue weighted by molar-refractivity contribution is 0.0775. The van der Waals surface area contributed by atoms with Gasteiger partial charge in [0.15, 0.2) is 23.5 Å². The largest absolute Gasteiger partial charge is 0.443 e. The topological polar surface area (TPSA) is 139 Å². The summed E-state index contributed by atoms with van der Waals surface area (Å²) in [4.78, 5) is 21.9. The van der Waals surface area contributed by atoms with Gasteiger partial charge in [0.1, 0.15) is 11.0 Å². The van der Waals surface area contributed by atoms with Gasteiger partial charge in [-0.25, -0.2) is 18.4 Å². The van der Waals surface area contributed by atoms with E-state index < -0.39 is 28.1 Å². The summed E-state index contributed by atoms with van der Waals surface area (Å²) >= 11 is 0. The Kier molecular flexibility index (Phi) is 8.44. The SMILES string of the molecule is Cc1nc2ccc(S(=O)(=O)N(CC(C)C)C[C@@H](O)[C@H](Cc3ccccc3)NC(=O)c3ccc4ncoc4c3C)cc2o1. The van der Waals surface area contributed by atoms with Gasteiger partial charge in [-0.2, -0.15) is 4.31 Å². The van der Waals surface area contributed by atoms with Crippen molar-refractivity contribution in [1.82, 2.24) is 19.6 Å². The number of nitrogens with one attached hydrogen (secondary N) is 1. The number of nitrogens with zero attached hydrogens (tertiary/aromatic N) is 3. The molecule has 220 valence electrons. The summed E-state index contributed by atoms with van der Waals surface area (Å²) in [5.41, 5.74) is 3.96. The standard InChI is InChI=1S/C31H34N4O6S/c1-19(2)16-35(42(38,39)23-10-12-25-29(15-23)41-21(4)33-25)17-28(36)27(14-22-8-6-5-7-9-22)34-31(37)24-11-13-26-30(20(24)3)40-18-32-26/h5-13,15,18-19,27-28,36H,14,16-17H2,1-4H3,(H,34,37)/t27-,28+/m0/s1. The van der Waals surface area contributed by atoms with Crippen LogP contribution in [0.5, 0.6) is 0 Å². The number of oxazole rings is 2. The van der Waals surface area contributed by atoms with Gasteiger partial charge in [0.25, 0.3) is 5.91 Å². The predicted octanol–water partition coefficient (Wildman–Crippen LogP) is 4.63. The van der Waals surface area contributed by atoms with Gasteiger partial charge in [0, 0.05) is 37.2 Å². The molecule has 0 aliphatic carbocycles. The summed E-state index contributed by atoms with van der Waals surface area (Å²) in [6.07, 6.45) is 0.385. The number of carbonyl (C=O) groups excluding carboxylic acids is 1. The number of aromatic nitrogens is 2. The molecule has 0 saturated carbocycles. The van der Waals surface area contributed by atoms with Crippen LogP contribution in [0.3, 0.4) is 0 Å². The minimum Gasteiger partial charge on any atom is -0.443 e. The van der Waals surface area contributed by atoms with Crippen molar-refractivity contribution in [3.8, 4) is 0 Å². The van der Waals surface area contributed by atoms with Crippen LogP contribution in [0.25, 0.3) is 22.2 Å². The maximum atomic E-state index is 13.9. The molecule has 2 heterocycles. The molecule has 2 atom stereocenters. The molecule has 42 heavy (non-hydrogen) atoms. The number of fused-ring (bicyclic) bond motifs is 2. The first-order valence-electron chi connectivity index (χ1n) is 13.8. The fraction of sp³-hybridized carbons (Fsp3) is 0.323. The predicted molar refractivity (Wildman–Crippen MR) is 158 cm³/mol. The first-order valence-corrected chi connectivity index (χ1v) is 15.2. The van der Waals surface area contributed by atoms with E-state index in [1.165, 1.54) is 22.8 Å². The molecule has 0 aliphatic rings. The smallest absolute Gasteiger partial charge is 0.252 e. The van der Waals surface area contributed by atoms with Gasteiger partial charge in [0.05, 0.1) is 17.0 Å². The molecule has 11 heteroatoms. The Morgan fingerprint density at radius 2 is 1.76 bits per heavy atom. The number of carbonyl (C=O) groups is 1. The molecule has 0 aliphatic heterocycles. The molecule has 5 aromatic rings. The van der Waals surface area contributed by atoms with Crippen LogP contribution in [0.1, 0.15) is 41.2 Å². The van der Waals surface area contributed by atoms with Crippen LogP contribution in [0.4, 0.5) is 0 Å². The molecular formula is C31H34N4O6S. The fourth-order valence-electron chi connectivity index (χ4n) is 5.05. The Morgan fingerprint density at radius 1 is 1.02 bits per heavy atom. The Bertz CT molecular complexity index is 1810. The van der Waals surface area contributed by atoms with Gasteiger partial charge in [0.2, 0.25) is 10.0 Å². The highest BCUT2D eigenvalue weighted by atomic mass is 32.2. The number of aryl methyl sites for hydroxylation is 2. The molecule has 0 saturated heterocycles. The number of amides is 1. The molecule has 3 aromatic carbocycles. The van der Waals surface area contributed by atoms with Crippen LogP contribution in [-0.4, -0.2) is 58.9 Å². The van der Waals surface area contributed by atoms with Crippen molar-refractivity contribution in [2.75, 3.05) is 13.1 Å². The number of benzene rings is 3. The van der Waals surface area contributed by atoms with E-state index in [0.717, 1.165) is 5.56 Å². The van der Waals surface area contributed by atoms with E-state index in [0.29, 0.717) is 39.2 Å². The summed E-state index contributed by atoms with van der Waals surface area (Å²) in [7, 11) is -4.03. The molecule has 0 unspecified atom stereocenters. The molecule has 0 radical (unpaired) electrons. The number of hydrogen-bond donors (Lipinski definition) is 2. The van der Waals surface area contributed by atoms with E-state index >= 15 is 0 Å². The van der Waals surface area contributed by atoms with E-state index in [2.05, 4.69) is 15.3 Å². The van der Waals surface area contributed by atoms with Crippen molar-refractivity contribution >= 4 is 38.1 Å². The highest BCUT2D eigenvalue weighted by Gasteiger charge is 2.32. The molecule has 5 rings (SSSR count). The fourth-order valence-corrected chi connectivity index (χ4v) is 6.69. The second kappa shape index (κ2) is 12.0. The Hall–Kier alpha value is -4.06. The van der Waals surface area contributed by atoms with Crippen LogP contribution >= 0.6 is 0 Å². The molecule has 2 aromatic heterocycles. The van der Waals surface area contributed by atoms with Gasteiger partial charge in [-0.15, -0.1) is 0 Å². The van der Waals surface area contributed by atoms with Crippen LogP contribution < -0.4 is 5.32 Å². The van der Waals surface area contributed by atoms with Crippen LogP contribution in [-0.2, 0) is 16.4 Å². The lowest BCUT2D eigenvalue weighted by Gasteiger charge is -2.31. The number of sulfonamides is 1. The van der Waals surface area contributed by atoms with E-state index in [1.807, 2.05) is 44.2 Å². The molecule has 0 spiro atoms. The van der Waals surface area contributed by atoms with E-state index in [9.17, 15) is 18.3 Å². The average Bonchev–Trinajstić information content (AvgIpc) is 3.58. The second-order valence-corrected chi connectivity index (χ2v) is 12.8. The molecule has 2 N–H and O–H groups in total. The van der Waals surface area contributed by atoms with Crippen molar-refractivity contribution in [3.63, 3.8) is 0 Å². The molecule has 0 bridgehead atoms. The van der Waals surface area contributed by atoms with E-state index in [4.69, 9.17) is 8.83 Å². The summed E-state index contributed by atoms with van der Waals surface area (Å²) in [6, 6.07) is 16.5. The Labute approximate surface area is 244 Å². The highest BCUT2D eigenvalue weighted by Crippen LogP contribution is 2.25. The highest BCUT2D eigenvalue weighted by molar-refractivity contribution is 7.89. The Balaban J connectivity index is 1.44. The number of aliphatic hydroxyl groups excluding tert-OH is 1. The zero-order chi connectivity index (χ0) is 30.0. The van der Waals surface area contributed by atoms with Crippen molar-refractivity contribution in [2.24, 2.45) is 5.92 Å². The van der Waals surface area contributed by atoms with E-state index in [-0.39, 0.29) is 30.3 Å². The van der Waals surface area contributed by atoms with Crippen LogP contribution in [0.2, 0.25) is 0 Å². The first-order chi connectivity index (χ1) is 20.0. The third-order valence-electron chi connectivity index (χ3n) is 7.14.